The molecule has 3 rings (SSSR count). The fourth-order valence-electron chi connectivity index (χ4n) is 3.75. The van der Waals surface area contributed by atoms with Crippen molar-refractivity contribution in [2.45, 2.75) is 39.3 Å². The summed E-state index contributed by atoms with van der Waals surface area (Å²) in [6.45, 7) is 6.28. The number of aliphatic hydroxyl groups excluding tert-OH is 1. The minimum atomic E-state index is -0.899. The Balaban J connectivity index is 2.11. The molecule has 2 aromatic rings. The van der Waals surface area contributed by atoms with Gasteiger partial charge in [0.2, 0.25) is 0 Å². The van der Waals surface area contributed by atoms with Crippen LogP contribution in [0.1, 0.15) is 43.4 Å². The molecule has 1 aromatic heterocycles. The summed E-state index contributed by atoms with van der Waals surface area (Å²) in [6, 6.07) is 5.47. The number of amides is 1. The van der Waals surface area contributed by atoms with Crippen LogP contribution in [0.25, 0.3) is 5.76 Å². The van der Waals surface area contributed by atoms with E-state index in [1.807, 2.05) is 13.8 Å². The Labute approximate surface area is 197 Å². The lowest BCUT2D eigenvalue weighted by molar-refractivity contribution is -0.140. The van der Waals surface area contributed by atoms with Crippen molar-refractivity contribution in [3.05, 3.63) is 51.9 Å². The molecule has 9 heteroatoms. The van der Waals surface area contributed by atoms with Crippen LogP contribution in [0.5, 0.6) is 11.5 Å². The van der Waals surface area contributed by atoms with Crippen molar-refractivity contribution >= 4 is 29.1 Å². The molecule has 1 amide bonds. The van der Waals surface area contributed by atoms with Gasteiger partial charge in [0, 0.05) is 19.2 Å². The standard InChI is InChI=1S/C24H28ClNO7/c1-13(2)32-10-6-9-26-21(17-8-7-14(3)33-17)20(23(28)24(26)29)22(27)15-11-19(31-5)16(25)12-18(15)30-4/h7-8,11-13,21,27H,6,9-10H2,1-5H3/b22-20+. The number of Topliss-reactive ketones (excluding diaryl/α,β-unsaturated/α-hetero) is 1. The van der Waals surface area contributed by atoms with Crippen molar-refractivity contribution in [3.63, 3.8) is 0 Å². The van der Waals surface area contributed by atoms with Crippen molar-refractivity contribution in [3.8, 4) is 11.5 Å². The van der Waals surface area contributed by atoms with Crippen LogP contribution in [-0.2, 0) is 14.3 Å². The van der Waals surface area contributed by atoms with E-state index in [0.29, 0.717) is 24.5 Å². The van der Waals surface area contributed by atoms with Gasteiger partial charge in [-0.2, -0.15) is 0 Å². The largest absolute Gasteiger partial charge is 0.507 e. The van der Waals surface area contributed by atoms with E-state index >= 15 is 0 Å². The molecule has 1 atom stereocenters. The third kappa shape index (κ3) is 5.02. The summed E-state index contributed by atoms with van der Waals surface area (Å²) < 4.78 is 22.0. The van der Waals surface area contributed by atoms with Gasteiger partial charge < -0.3 is 28.6 Å². The summed E-state index contributed by atoms with van der Waals surface area (Å²) in [5.74, 6) is -0.441. The number of methoxy groups -OCH3 is 2. The van der Waals surface area contributed by atoms with E-state index in [1.54, 1.807) is 19.1 Å². The number of carbonyl (C=O) groups excluding carboxylic acids is 2. The first-order valence-electron chi connectivity index (χ1n) is 10.6. The average Bonchev–Trinajstić information content (AvgIpc) is 3.31. The summed E-state index contributed by atoms with van der Waals surface area (Å²) in [7, 11) is 2.84. The Kier molecular flexibility index (Phi) is 7.71. The van der Waals surface area contributed by atoms with Gasteiger partial charge >= 0.3 is 0 Å². The maximum atomic E-state index is 13.1. The number of halogens is 1. The van der Waals surface area contributed by atoms with E-state index in [1.165, 1.54) is 31.3 Å². The predicted octanol–water partition coefficient (Wildman–Crippen LogP) is 4.50. The molecule has 1 aliphatic heterocycles. The summed E-state index contributed by atoms with van der Waals surface area (Å²) in [5, 5.41) is 11.5. The Hall–Kier alpha value is -2.97. The lowest BCUT2D eigenvalue weighted by Gasteiger charge is -2.23. The highest BCUT2D eigenvalue weighted by molar-refractivity contribution is 6.46. The van der Waals surface area contributed by atoms with E-state index in [9.17, 15) is 14.7 Å². The highest BCUT2D eigenvalue weighted by atomic mass is 35.5. The van der Waals surface area contributed by atoms with Gasteiger partial charge in [-0.25, -0.2) is 0 Å². The van der Waals surface area contributed by atoms with E-state index in [0.717, 1.165) is 0 Å². The van der Waals surface area contributed by atoms with Gasteiger partial charge in [0.25, 0.3) is 11.7 Å². The van der Waals surface area contributed by atoms with E-state index in [-0.39, 0.29) is 40.3 Å². The highest BCUT2D eigenvalue weighted by Crippen LogP contribution is 2.43. The molecule has 0 saturated carbocycles. The number of hydrogen-bond donors (Lipinski definition) is 1. The first-order chi connectivity index (χ1) is 15.7. The van der Waals surface area contributed by atoms with Crippen molar-refractivity contribution in [2.75, 3.05) is 27.4 Å². The molecule has 33 heavy (non-hydrogen) atoms. The maximum Gasteiger partial charge on any atom is 0.295 e. The number of aryl methyl sites for hydroxylation is 1. The average molecular weight is 478 g/mol. The number of nitrogens with zero attached hydrogens (tertiary/aromatic N) is 1. The second-order valence-electron chi connectivity index (χ2n) is 7.90. The number of furan rings is 1. The number of ether oxygens (including phenoxy) is 3. The smallest absolute Gasteiger partial charge is 0.295 e. The van der Waals surface area contributed by atoms with Crippen LogP contribution in [0, 0.1) is 6.92 Å². The minimum Gasteiger partial charge on any atom is -0.507 e. The highest BCUT2D eigenvalue weighted by Gasteiger charge is 2.47. The van der Waals surface area contributed by atoms with Gasteiger partial charge in [-0.3, -0.25) is 9.59 Å². The van der Waals surface area contributed by atoms with Gasteiger partial charge in [0.1, 0.15) is 34.8 Å². The van der Waals surface area contributed by atoms with Crippen molar-refractivity contribution in [1.82, 2.24) is 4.90 Å². The molecule has 0 spiro atoms. The molecule has 0 bridgehead atoms. The first kappa shape index (κ1) is 24.7. The molecular weight excluding hydrogens is 450 g/mol. The number of aliphatic hydroxyl groups is 1. The predicted molar refractivity (Wildman–Crippen MR) is 123 cm³/mol. The van der Waals surface area contributed by atoms with Crippen LogP contribution >= 0.6 is 11.6 Å². The zero-order chi connectivity index (χ0) is 24.3. The summed E-state index contributed by atoms with van der Waals surface area (Å²) in [5.41, 5.74) is 0.0787. The van der Waals surface area contributed by atoms with E-state index in [4.69, 9.17) is 30.2 Å². The molecule has 1 aromatic carbocycles. The topological polar surface area (TPSA) is 98.4 Å². The van der Waals surface area contributed by atoms with Crippen LogP contribution in [-0.4, -0.2) is 55.2 Å². The Morgan fingerprint density at radius 3 is 2.45 bits per heavy atom. The lowest BCUT2D eigenvalue weighted by Crippen LogP contribution is -2.31. The molecule has 0 aliphatic carbocycles. The summed E-state index contributed by atoms with van der Waals surface area (Å²) in [4.78, 5) is 27.5. The van der Waals surface area contributed by atoms with Gasteiger partial charge in [0.05, 0.1) is 36.5 Å². The molecule has 2 heterocycles. The van der Waals surface area contributed by atoms with Crippen LogP contribution < -0.4 is 9.47 Å². The Morgan fingerprint density at radius 2 is 1.88 bits per heavy atom. The Morgan fingerprint density at radius 1 is 1.18 bits per heavy atom. The normalized spacial score (nSPS) is 17.8. The molecular formula is C24H28ClNO7. The fraction of sp³-hybridized carbons (Fsp3) is 0.417. The molecule has 1 aliphatic rings. The minimum absolute atomic E-state index is 0.0521. The molecule has 1 fully saturated rings. The molecule has 1 unspecified atom stereocenters. The van der Waals surface area contributed by atoms with Gasteiger partial charge in [-0.15, -0.1) is 0 Å². The molecule has 0 radical (unpaired) electrons. The third-order valence-corrected chi connectivity index (χ3v) is 5.59. The van der Waals surface area contributed by atoms with Gasteiger partial charge in [-0.05, 0) is 45.4 Å². The maximum absolute atomic E-state index is 13.1. The second kappa shape index (κ2) is 10.3. The second-order valence-corrected chi connectivity index (χ2v) is 8.31. The zero-order valence-corrected chi connectivity index (χ0v) is 20.1. The van der Waals surface area contributed by atoms with Crippen LogP contribution in [0.15, 0.2) is 34.3 Å². The lowest BCUT2D eigenvalue weighted by atomic mass is 9.98. The van der Waals surface area contributed by atoms with Crippen LogP contribution in [0.3, 0.4) is 0 Å². The van der Waals surface area contributed by atoms with E-state index < -0.39 is 23.5 Å². The number of benzene rings is 1. The number of rotatable bonds is 9. The molecule has 178 valence electrons. The summed E-state index contributed by atoms with van der Waals surface area (Å²) in [6.07, 6.45) is 0.566. The van der Waals surface area contributed by atoms with Crippen molar-refractivity contribution < 1.29 is 33.3 Å². The Bertz CT molecular complexity index is 1070. The monoisotopic (exact) mass is 477 g/mol. The zero-order valence-electron chi connectivity index (χ0n) is 19.3. The fourth-order valence-corrected chi connectivity index (χ4v) is 3.98. The van der Waals surface area contributed by atoms with Crippen LogP contribution in [0.4, 0.5) is 0 Å². The number of hydrogen-bond acceptors (Lipinski definition) is 7. The van der Waals surface area contributed by atoms with Crippen molar-refractivity contribution in [2.24, 2.45) is 0 Å². The van der Waals surface area contributed by atoms with Gasteiger partial charge in [-0.1, -0.05) is 11.6 Å². The van der Waals surface area contributed by atoms with Crippen LogP contribution in [0.2, 0.25) is 5.02 Å². The molecule has 8 nitrogen and oxygen atoms in total. The molecule has 1 saturated heterocycles. The van der Waals surface area contributed by atoms with E-state index in [2.05, 4.69) is 0 Å². The SMILES string of the molecule is COc1cc(/C(O)=C2\C(=O)C(=O)N(CCCOC(C)C)C2c2ccc(C)o2)c(OC)cc1Cl. The van der Waals surface area contributed by atoms with Gasteiger partial charge in [0.15, 0.2) is 0 Å². The number of likely N-dealkylation sites (tertiary alicyclic amines) is 1. The quantitative estimate of drug-likeness (QED) is 0.246. The third-order valence-electron chi connectivity index (χ3n) is 5.29. The summed E-state index contributed by atoms with van der Waals surface area (Å²) >= 11 is 6.18. The van der Waals surface area contributed by atoms with Crippen molar-refractivity contribution in [1.29, 1.82) is 0 Å². The number of carbonyl (C=O) groups is 2. The number of ketones is 1. The first-order valence-corrected chi connectivity index (χ1v) is 11.0. The molecule has 1 N–H and O–H groups in total.